The van der Waals surface area contributed by atoms with Crippen LogP contribution in [0, 0.1) is 0 Å². The first-order valence-electron chi connectivity index (χ1n) is 11.6. The van der Waals surface area contributed by atoms with Crippen molar-refractivity contribution in [2.24, 2.45) is 0 Å². The van der Waals surface area contributed by atoms with Gasteiger partial charge in [0.15, 0.2) is 5.82 Å². The molecule has 38 heavy (non-hydrogen) atoms. The maximum absolute atomic E-state index is 13.4. The molecule has 1 aliphatic rings. The van der Waals surface area contributed by atoms with Crippen molar-refractivity contribution in [2.45, 2.75) is 23.8 Å². The Balaban J connectivity index is 1.45. The van der Waals surface area contributed by atoms with Crippen LogP contribution < -0.4 is 9.04 Å². The second-order valence-electron chi connectivity index (χ2n) is 8.60. The zero-order valence-corrected chi connectivity index (χ0v) is 22.2. The normalized spacial score (nSPS) is 14.5. The lowest BCUT2D eigenvalue weighted by Gasteiger charge is -2.23. The van der Waals surface area contributed by atoms with Crippen LogP contribution in [0.4, 0.5) is 5.69 Å². The number of nitrogens with zero attached hydrogens (tertiary/aromatic N) is 4. The molecule has 1 saturated heterocycles. The number of hydrogen-bond acceptors (Lipinski definition) is 7. The number of halogens is 2. The topological polar surface area (TPSA) is 124 Å². The summed E-state index contributed by atoms with van der Waals surface area (Å²) in [4.78, 5) is 11.4. The number of ether oxygens (including phenoxy) is 2. The molecule has 0 saturated carbocycles. The Morgan fingerprint density at radius 1 is 1.05 bits per heavy atom. The number of anilines is 1. The molecule has 10 nitrogen and oxygen atoms in total. The van der Waals surface area contributed by atoms with Gasteiger partial charge in [0.05, 0.1) is 29.3 Å². The van der Waals surface area contributed by atoms with Gasteiger partial charge in [0.1, 0.15) is 12.6 Å². The summed E-state index contributed by atoms with van der Waals surface area (Å²) in [6.07, 6.45) is 3.41. The Hall–Kier alpha value is -3.38. The summed E-state index contributed by atoms with van der Waals surface area (Å²) in [5, 5.41) is 18.8. The molecule has 5 rings (SSSR count). The predicted octanol–water partition coefficient (Wildman–Crippen LogP) is 4.57. The third kappa shape index (κ3) is 5.56. The number of sulfonamides is 1. The van der Waals surface area contributed by atoms with Gasteiger partial charge in [0, 0.05) is 40.5 Å². The second kappa shape index (κ2) is 10.8. The lowest BCUT2D eigenvalue weighted by molar-refractivity contribution is -0.135. The molecule has 0 aliphatic carbocycles. The van der Waals surface area contributed by atoms with Crippen molar-refractivity contribution < 1.29 is 27.8 Å². The SMILES string of the molecule is O=C(O)CN(c1ccc2c(ccn2-c2ccc(OC3CCOCC3)nn2)c1)S(=O)(=O)c1cc(Cl)cc(Cl)c1. The van der Waals surface area contributed by atoms with E-state index in [4.69, 9.17) is 32.7 Å². The largest absolute Gasteiger partial charge is 0.480 e. The molecule has 0 spiro atoms. The van der Waals surface area contributed by atoms with Gasteiger partial charge < -0.3 is 14.6 Å². The van der Waals surface area contributed by atoms with Gasteiger partial charge in [-0.05, 0) is 48.5 Å². The fourth-order valence-corrected chi connectivity index (χ4v) is 6.33. The average molecular weight is 577 g/mol. The molecule has 4 aromatic rings. The predicted molar refractivity (Wildman–Crippen MR) is 142 cm³/mol. The first-order valence-corrected chi connectivity index (χ1v) is 13.8. The van der Waals surface area contributed by atoms with Crippen molar-refractivity contribution in [1.82, 2.24) is 14.8 Å². The van der Waals surface area contributed by atoms with Crippen molar-refractivity contribution in [2.75, 3.05) is 24.1 Å². The first kappa shape index (κ1) is 26.2. The van der Waals surface area contributed by atoms with Gasteiger partial charge in [-0.2, -0.15) is 0 Å². The van der Waals surface area contributed by atoms with E-state index < -0.39 is 22.5 Å². The van der Waals surface area contributed by atoms with Gasteiger partial charge >= 0.3 is 5.97 Å². The van der Waals surface area contributed by atoms with Gasteiger partial charge in [0.2, 0.25) is 5.88 Å². The lowest BCUT2D eigenvalue weighted by Crippen LogP contribution is -2.35. The van der Waals surface area contributed by atoms with Crippen LogP contribution in [0.3, 0.4) is 0 Å². The number of carboxylic acids is 1. The number of fused-ring (bicyclic) bond motifs is 1. The van der Waals surface area contributed by atoms with Crippen molar-refractivity contribution in [1.29, 1.82) is 0 Å². The molecule has 13 heteroatoms. The summed E-state index contributed by atoms with van der Waals surface area (Å²) in [6.45, 7) is 0.524. The maximum atomic E-state index is 13.4. The molecule has 0 amide bonds. The van der Waals surface area contributed by atoms with Gasteiger partial charge in [0.25, 0.3) is 10.0 Å². The third-order valence-corrected chi connectivity index (χ3v) is 8.18. The molecule has 2 aromatic heterocycles. The van der Waals surface area contributed by atoms with E-state index in [1.165, 1.54) is 24.3 Å². The molecule has 0 bridgehead atoms. The highest BCUT2D eigenvalue weighted by Crippen LogP contribution is 2.31. The number of carbonyl (C=O) groups is 1. The molecule has 1 N–H and O–H groups in total. The maximum Gasteiger partial charge on any atom is 0.324 e. The van der Waals surface area contributed by atoms with Crippen molar-refractivity contribution in [3.63, 3.8) is 0 Å². The van der Waals surface area contributed by atoms with Gasteiger partial charge in [-0.1, -0.05) is 23.2 Å². The van der Waals surface area contributed by atoms with Crippen LogP contribution in [0.2, 0.25) is 10.0 Å². The summed E-state index contributed by atoms with van der Waals surface area (Å²) >= 11 is 12.0. The number of benzene rings is 2. The Labute approximate surface area is 228 Å². The zero-order valence-electron chi connectivity index (χ0n) is 19.8. The number of carboxylic acid groups (broad SMARTS) is 1. The van der Waals surface area contributed by atoms with E-state index in [2.05, 4.69) is 10.2 Å². The van der Waals surface area contributed by atoms with E-state index in [1.807, 2.05) is 0 Å². The van der Waals surface area contributed by atoms with Gasteiger partial charge in [-0.15, -0.1) is 10.2 Å². The highest BCUT2D eigenvalue weighted by atomic mass is 35.5. The molecule has 1 aliphatic heterocycles. The van der Waals surface area contributed by atoms with Crippen LogP contribution in [0.25, 0.3) is 16.7 Å². The van der Waals surface area contributed by atoms with Crippen LogP contribution in [0.1, 0.15) is 12.8 Å². The molecule has 0 radical (unpaired) electrons. The van der Waals surface area contributed by atoms with Crippen LogP contribution in [0.5, 0.6) is 5.88 Å². The molecular weight excluding hydrogens is 555 g/mol. The van der Waals surface area contributed by atoms with Crippen LogP contribution in [-0.2, 0) is 19.6 Å². The highest BCUT2D eigenvalue weighted by Gasteiger charge is 2.28. The number of rotatable bonds is 8. The zero-order chi connectivity index (χ0) is 26.9. The fraction of sp³-hybridized carbons (Fsp3) is 0.240. The first-order chi connectivity index (χ1) is 18.2. The van der Waals surface area contributed by atoms with Gasteiger partial charge in [-0.3, -0.25) is 13.7 Å². The highest BCUT2D eigenvalue weighted by molar-refractivity contribution is 7.92. The lowest BCUT2D eigenvalue weighted by atomic mass is 10.2. The van der Waals surface area contributed by atoms with Gasteiger partial charge in [-0.25, -0.2) is 8.42 Å². The fourth-order valence-electron chi connectivity index (χ4n) is 4.20. The van der Waals surface area contributed by atoms with E-state index >= 15 is 0 Å². The van der Waals surface area contributed by atoms with Crippen molar-refractivity contribution in [3.05, 3.63) is 70.8 Å². The minimum Gasteiger partial charge on any atom is -0.480 e. The average Bonchev–Trinajstić information content (AvgIpc) is 3.31. The quantitative estimate of drug-likeness (QED) is 0.323. The Kier molecular flexibility index (Phi) is 7.44. The van der Waals surface area contributed by atoms with Crippen molar-refractivity contribution >= 4 is 55.8 Å². The van der Waals surface area contributed by atoms with Crippen LogP contribution in [-0.4, -0.2) is 60.1 Å². The molecule has 198 valence electrons. The summed E-state index contributed by atoms with van der Waals surface area (Å²) in [5.41, 5.74) is 0.889. The van der Waals surface area contributed by atoms with E-state index in [0.29, 0.717) is 30.3 Å². The van der Waals surface area contributed by atoms with Crippen molar-refractivity contribution in [3.8, 4) is 11.7 Å². The monoisotopic (exact) mass is 576 g/mol. The molecule has 2 aromatic carbocycles. The van der Waals surface area contributed by atoms with E-state index in [0.717, 1.165) is 22.7 Å². The summed E-state index contributed by atoms with van der Waals surface area (Å²) in [6, 6.07) is 13.9. The van der Waals surface area contributed by atoms with Crippen LogP contribution >= 0.6 is 23.2 Å². The Morgan fingerprint density at radius 2 is 1.79 bits per heavy atom. The molecule has 0 atom stereocenters. The second-order valence-corrected chi connectivity index (χ2v) is 11.3. The molecular formula is C25H22Cl2N4O6S. The molecule has 0 unspecified atom stereocenters. The summed E-state index contributed by atoms with van der Waals surface area (Å²) in [5.74, 6) is -0.358. The van der Waals surface area contributed by atoms with E-state index in [9.17, 15) is 18.3 Å². The minimum absolute atomic E-state index is 0.0442. The molecule has 3 heterocycles. The molecule has 1 fully saturated rings. The number of hydrogen-bond donors (Lipinski definition) is 1. The Bertz CT molecular complexity index is 1570. The van der Waals surface area contributed by atoms with E-state index in [1.54, 1.807) is 41.1 Å². The summed E-state index contributed by atoms with van der Waals surface area (Å²) in [7, 11) is -4.29. The Morgan fingerprint density at radius 3 is 2.45 bits per heavy atom. The minimum atomic E-state index is -4.29. The van der Waals surface area contributed by atoms with E-state index in [-0.39, 0.29) is 26.7 Å². The number of aliphatic carboxylic acids is 1. The summed E-state index contributed by atoms with van der Waals surface area (Å²) < 4.78 is 40.6. The smallest absolute Gasteiger partial charge is 0.324 e. The standard InChI is InChI=1S/C25H22Cl2N4O6S/c26-17-12-18(27)14-21(13-17)38(34,35)31(15-25(32)33)19-1-2-22-16(11-19)5-8-30(22)23-3-4-24(29-28-23)37-20-6-9-36-10-7-20/h1-5,8,11-14,20H,6-7,9-10,15H2,(H,32,33). The third-order valence-electron chi connectivity index (χ3n) is 5.99. The number of aromatic nitrogens is 3. The van der Waals surface area contributed by atoms with Crippen LogP contribution in [0.15, 0.2) is 65.7 Å².